The van der Waals surface area contributed by atoms with Crippen molar-refractivity contribution in [2.45, 2.75) is 19.9 Å². The molecule has 1 aliphatic rings. The van der Waals surface area contributed by atoms with Crippen molar-refractivity contribution in [3.05, 3.63) is 58.9 Å². The fraction of sp³-hybridized carbons (Fsp3) is 0.316. The Morgan fingerprint density at radius 1 is 1.09 bits per heavy atom. The van der Waals surface area contributed by atoms with Gasteiger partial charge < -0.3 is 9.47 Å². The van der Waals surface area contributed by atoms with Gasteiger partial charge in [-0.25, -0.2) is 8.97 Å². The maximum Gasteiger partial charge on any atom is 0.180 e. The van der Waals surface area contributed by atoms with Gasteiger partial charge in [-0.15, -0.1) is 0 Å². The average molecular weight is 314 g/mol. The molecule has 0 amide bonds. The van der Waals surface area contributed by atoms with E-state index in [0.717, 1.165) is 41.3 Å². The van der Waals surface area contributed by atoms with Crippen LogP contribution in [0.4, 0.5) is 4.39 Å². The van der Waals surface area contributed by atoms with Crippen LogP contribution in [0.1, 0.15) is 23.6 Å². The molecule has 0 bridgehead atoms. The molecule has 4 heteroatoms. The molecule has 1 heterocycles. The summed E-state index contributed by atoms with van der Waals surface area (Å²) in [5.41, 5.74) is 4.24. The minimum absolute atomic E-state index is 0.154. The van der Waals surface area contributed by atoms with E-state index >= 15 is 0 Å². The molecule has 3 rings (SSSR count). The Morgan fingerprint density at radius 3 is 2.48 bits per heavy atom. The van der Waals surface area contributed by atoms with Crippen LogP contribution < -0.4 is 9.47 Å². The van der Waals surface area contributed by atoms with Crippen molar-refractivity contribution >= 4 is 5.71 Å². The molecule has 120 valence electrons. The highest BCUT2D eigenvalue weighted by atomic mass is 19.1. The maximum atomic E-state index is 13.9. The van der Waals surface area contributed by atoms with Gasteiger partial charge in [-0.3, -0.25) is 0 Å². The van der Waals surface area contributed by atoms with Crippen LogP contribution in [0.2, 0.25) is 0 Å². The monoisotopic (exact) mass is 314 g/mol. The molecule has 0 fully saturated rings. The molecular weight excluding hydrogens is 293 g/mol. The number of halogens is 1. The van der Waals surface area contributed by atoms with E-state index < -0.39 is 0 Å². The zero-order valence-corrected chi connectivity index (χ0v) is 13.7. The molecule has 23 heavy (non-hydrogen) atoms. The summed E-state index contributed by atoms with van der Waals surface area (Å²) in [6.07, 6.45) is 0.904. The molecule has 0 aromatic heterocycles. The summed E-state index contributed by atoms with van der Waals surface area (Å²) < 4.78 is 26.9. The SMILES string of the molecule is COc1cc2c(cc1OC)C(C)=[N+](Cc1ccccc1F)CC2. The van der Waals surface area contributed by atoms with Crippen LogP contribution in [0, 0.1) is 5.82 Å². The molecule has 0 unspecified atom stereocenters. The van der Waals surface area contributed by atoms with Crippen molar-refractivity contribution in [2.24, 2.45) is 0 Å². The first kappa shape index (κ1) is 15.5. The van der Waals surface area contributed by atoms with Crippen LogP contribution in [0.25, 0.3) is 0 Å². The summed E-state index contributed by atoms with van der Waals surface area (Å²) in [6, 6.07) is 11.0. The Balaban J connectivity index is 2.00. The predicted octanol–water partition coefficient (Wildman–Crippen LogP) is 3.42. The second-order valence-corrected chi connectivity index (χ2v) is 5.71. The van der Waals surface area contributed by atoms with Crippen molar-refractivity contribution in [1.82, 2.24) is 0 Å². The number of nitrogens with zero attached hydrogens (tertiary/aromatic N) is 1. The Hall–Kier alpha value is -2.36. The zero-order valence-electron chi connectivity index (χ0n) is 13.7. The predicted molar refractivity (Wildman–Crippen MR) is 88.3 cm³/mol. The molecule has 0 radical (unpaired) electrons. The van der Waals surface area contributed by atoms with Crippen molar-refractivity contribution in [3.63, 3.8) is 0 Å². The first-order chi connectivity index (χ1) is 11.1. The first-order valence-corrected chi connectivity index (χ1v) is 7.71. The van der Waals surface area contributed by atoms with Crippen LogP contribution >= 0.6 is 0 Å². The van der Waals surface area contributed by atoms with Gasteiger partial charge in [0.15, 0.2) is 23.8 Å². The van der Waals surface area contributed by atoms with E-state index in [-0.39, 0.29) is 5.82 Å². The highest BCUT2D eigenvalue weighted by Gasteiger charge is 2.25. The van der Waals surface area contributed by atoms with E-state index in [0.29, 0.717) is 6.54 Å². The lowest BCUT2D eigenvalue weighted by Gasteiger charge is -2.19. The molecule has 2 aromatic carbocycles. The van der Waals surface area contributed by atoms with E-state index in [1.165, 1.54) is 11.6 Å². The van der Waals surface area contributed by atoms with Crippen LogP contribution in [-0.2, 0) is 13.0 Å². The number of methoxy groups -OCH3 is 2. The summed E-state index contributed by atoms with van der Waals surface area (Å²) in [5.74, 6) is 1.32. The van der Waals surface area contributed by atoms with Gasteiger partial charge in [0, 0.05) is 18.9 Å². The quantitative estimate of drug-likeness (QED) is 0.807. The molecule has 0 aliphatic carbocycles. The highest BCUT2D eigenvalue weighted by Crippen LogP contribution is 2.32. The summed E-state index contributed by atoms with van der Waals surface area (Å²) in [4.78, 5) is 0. The normalized spacial score (nSPS) is 13.7. The lowest BCUT2D eigenvalue weighted by molar-refractivity contribution is -0.545. The Kier molecular flexibility index (Phi) is 4.33. The van der Waals surface area contributed by atoms with Gasteiger partial charge in [-0.1, -0.05) is 12.1 Å². The smallest absolute Gasteiger partial charge is 0.180 e. The number of benzene rings is 2. The molecule has 0 saturated heterocycles. The number of hydrogen-bond donors (Lipinski definition) is 0. The molecule has 0 saturated carbocycles. The van der Waals surface area contributed by atoms with Gasteiger partial charge in [0.2, 0.25) is 0 Å². The average Bonchev–Trinajstić information content (AvgIpc) is 2.58. The summed E-state index contributed by atoms with van der Waals surface area (Å²) in [6.45, 7) is 3.51. The standard InChI is InChI=1S/C19H21FNO2/c1-13-16-11-19(23-3)18(22-2)10-14(16)8-9-21(13)12-15-6-4-5-7-17(15)20/h4-7,10-11H,8-9,12H2,1-3H3/q+1. The number of rotatable bonds is 4. The largest absolute Gasteiger partial charge is 0.493 e. The van der Waals surface area contributed by atoms with Crippen molar-refractivity contribution in [1.29, 1.82) is 0 Å². The number of ether oxygens (including phenoxy) is 2. The van der Waals surface area contributed by atoms with Gasteiger partial charge in [0.25, 0.3) is 0 Å². The van der Waals surface area contributed by atoms with Crippen LogP contribution in [0.3, 0.4) is 0 Å². The first-order valence-electron chi connectivity index (χ1n) is 7.71. The van der Waals surface area contributed by atoms with Gasteiger partial charge in [-0.2, -0.15) is 0 Å². The summed E-state index contributed by atoms with van der Waals surface area (Å²) in [5, 5.41) is 0. The van der Waals surface area contributed by atoms with E-state index in [1.54, 1.807) is 20.3 Å². The third-order valence-electron chi connectivity index (χ3n) is 4.44. The number of fused-ring (bicyclic) bond motifs is 1. The molecular formula is C19H21FNO2+. The Bertz CT molecular complexity index is 768. The van der Waals surface area contributed by atoms with E-state index in [2.05, 4.69) is 11.5 Å². The molecule has 3 nitrogen and oxygen atoms in total. The topological polar surface area (TPSA) is 21.5 Å². The van der Waals surface area contributed by atoms with Crippen molar-refractivity contribution in [3.8, 4) is 11.5 Å². The molecule has 1 aliphatic heterocycles. The van der Waals surface area contributed by atoms with Gasteiger partial charge in [0.1, 0.15) is 12.4 Å². The minimum Gasteiger partial charge on any atom is -0.493 e. The van der Waals surface area contributed by atoms with Gasteiger partial charge in [0.05, 0.1) is 19.8 Å². The molecule has 0 atom stereocenters. The van der Waals surface area contributed by atoms with Gasteiger partial charge in [-0.05, 0) is 29.8 Å². The van der Waals surface area contributed by atoms with Crippen molar-refractivity contribution < 1.29 is 18.4 Å². The van der Waals surface area contributed by atoms with Crippen molar-refractivity contribution in [2.75, 3.05) is 20.8 Å². The van der Waals surface area contributed by atoms with E-state index in [1.807, 2.05) is 24.3 Å². The lowest BCUT2D eigenvalue weighted by Crippen LogP contribution is -2.28. The van der Waals surface area contributed by atoms with Gasteiger partial charge >= 0.3 is 0 Å². The van der Waals surface area contributed by atoms with Crippen LogP contribution in [-0.4, -0.2) is 31.1 Å². The third kappa shape index (κ3) is 2.93. The Morgan fingerprint density at radius 2 is 1.78 bits per heavy atom. The molecule has 2 aromatic rings. The highest BCUT2D eigenvalue weighted by molar-refractivity contribution is 5.97. The maximum absolute atomic E-state index is 13.9. The Labute approximate surface area is 136 Å². The second-order valence-electron chi connectivity index (χ2n) is 5.71. The molecule has 0 spiro atoms. The van der Waals surface area contributed by atoms with Crippen LogP contribution in [0.5, 0.6) is 11.5 Å². The minimum atomic E-state index is -0.154. The summed E-state index contributed by atoms with van der Waals surface area (Å²) >= 11 is 0. The zero-order chi connectivity index (χ0) is 16.4. The van der Waals surface area contributed by atoms with E-state index in [4.69, 9.17) is 9.47 Å². The fourth-order valence-electron chi connectivity index (χ4n) is 3.09. The number of hydrogen-bond acceptors (Lipinski definition) is 2. The molecule has 0 N–H and O–H groups in total. The third-order valence-corrected chi connectivity index (χ3v) is 4.44. The summed E-state index contributed by atoms with van der Waals surface area (Å²) in [7, 11) is 3.29. The van der Waals surface area contributed by atoms with E-state index in [9.17, 15) is 4.39 Å². The van der Waals surface area contributed by atoms with Crippen LogP contribution in [0.15, 0.2) is 36.4 Å². The lowest BCUT2D eigenvalue weighted by atomic mass is 9.96. The fourth-order valence-corrected chi connectivity index (χ4v) is 3.09. The second kappa shape index (κ2) is 6.41.